The molecule has 0 unspecified atom stereocenters. The van der Waals surface area contributed by atoms with E-state index in [1.807, 2.05) is 6.07 Å². The van der Waals surface area contributed by atoms with E-state index in [0.717, 1.165) is 17.7 Å². The Morgan fingerprint density at radius 3 is 2.57 bits per heavy atom. The number of hydrogen-bond donors (Lipinski definition) is 0. The monoisotopic (exact) mass is 228 g/mol. The lowest BCUT2D eigenvalue weighted by molar-refractivity contribution is 0.0828. The van der Waals surface area contributed by atoms with Crippen molar-refractivity contribution in [2.75, 3.05) is 0 Å². The second-order valence-electron chi connectivity index (χ2n) is 4.20. The lowest BCUT2D eigenvalue weighted by Gasteiger charge is -2.20. The van der Waals surface area contributed by atoms with Crippen LogP contribution in [0.5, 0.6) is 0 Å². The lowest BCUT2D eigenvalue weighted by atomic mass is 9.83. The smallest absolute Gasteiger partial charge is 0.178 e. The fraction of sp³-hybridized carbons (Fsp3) is 0.545. The first kappa shape index (κ1) is 10.2. The number of carbonyl (C=O) groups excluding carboxylic acids is 1. The first-order chi connectivity index (χ1) is 6.62. The maximum absolute atomic E-state index is 12.1. The summed E-state index contributed by atoms with van der Waals surface area (Å²) in [5.41, 5.74) is -0.117. The minimum absolute atomic E-state index is 0.117. The first-order valence-corrected chi connectivity index (χ1v) is 6.11. The number of hydrogen-bond acceptors (Lipinski definition) is 2. The number of Topliss-reactive ketones (excluding diaryl/α,β-unsaturated/α-hetero) is 1. The van der Waals surface area contributed by atoms with Gasteiger partial charge >= 0.3 is 0 Å². The highest BCUT2D eigenvalue weighted by Crippen LogP contribution is 2.41. The molecule has 1 aliphatic rings. The summed E-state index contributed by atoms with van der Waals surface area (Å²) in [6.45, 7) is 2.08. The van der Waals surface area contributed by atoms with Gasteiger partial charge < -0.3 is 0 Å². The minimum atomic E-state index is -0.117. The van der Waals surface area contributed by atoms with Crippen molar-refractivity contribution >= 4 is 28.7 Å². The highest BCUT2D eigenvalue weighted by atomic mass is 35.5. The second kappa shape index (κ2) is 3.67. The Hall–Kier alpha value is -0.340. The van der Waals surface area contributed by atoms with E-state index in [0.29, 0.717) is 4.34 Å². The molecule has 1 aromatic heterocycles. The number of carbonyl (C=O) groups is 1. The van der Waals surface area contributed by atoms with Crippen LogP contribution in [0.3, 0.4) is 0 Å². The van der Waals surface area contributed by atoms with Crippen LogP contribution in [0, 0.1) is 5.41 Å². The molecule has 0 aliphatic heterocycles. The molecule has 0 spiro atoms. The van der Waals surface area contributed by atoms with E-state index in [9.17, 15) is 4.79 Å². The van der Waals surface area contributed by atoms with Gasteiger partial charge in [0.1, 0.15) is 0 Å². The van der Waals surface area contributed by atoms with Gasteiger partial charge in [-0.3, -0.25) is 4.79 Å². The van der Waals surface area contributed by atoms with Crippen LogP contribution in [-0.2, 0) is 0 Å². The van der Waals surface area contributed by atoms with Crippen LogP contribution in [0.1, 0.15) is 42.3 Å². The molecule has 76 valence electrons. The zero-order chi connectivity index (χ0) is 10.2. The van der Waals surface area contributed by atoms with Crippen molar-refractivity contribution < 1.29 is 4.79 Å². The third-order valence-electron chi connectivity index (χ3n) is 3.05. The molecule has 0 aromatic carbocycles. The molecule has 0 saturated heterocycles. The summed E-state index contributed by atoms with van der Waals surface area (Å²) < 4.78 is 0.704. The predicted molar refractivity (Wildman–Crippen MR) is 60.2 cm³/mol. The molecule has 2 rings (SSSR count). The molecule has 0 atom stereocenters. The van der Waals surface area contributed by atoms with Gasteiger partial charge in [0.25, 0.3) is 0 Å². The van der Waals surface area contributed by atoms with E-state index in [1.54, 1.807) is 6.07 Å². The summed E-state index contributed by atoms with van der Waals surface area (Å²) in [5, 5.41) is 0. The molecule has 1 aromatic rings. The highest BCUT2D eigenvalue weighted by Gasteiger charge is 2.37. The lowest BCUT2D eigenvalue weighted by Crippen LogP contribution is -2.23. The van der Waals surface area contributed by atoms with Gasteiger partial charge in [0.15, 0.2) is 5.78 Å². The fourth-order valence-electron chi connectivity index (χ4n) is 2.12. The summed E-state index contributed by atoms with van der Waals surface area (Å²) in [6.07, 6.45) is 4.42. The Kier molecular flexibility index (Phi) is 2.67. The van der Waals surface area contributed by atoms with E-state index in [-0.39, 0.29) is 11.2 Å². The molecular formula is C11H13ClOS. The third-order valence-corrected chi connectivity index (χ3v) is 4.28. The van der Waals surface area contributed by atoms with Crippen LogP contribution < -0.4 is 0 Å². The average molecular weight is 229 g/mol. The van der Waals surface area contributed by atoms with Gasteiger partial charge in [0, 0.05) is 5.41 Å². The normalized spacial score (nSPS) is 19.9. The second-order valence-corrected chi connectivity index (χ2v) is 5.92. The highest BCUT2D eigenvalue weighted by molar-refractivity contribution is 7.18. The number of rotatable bonds is 2. The maximum Gasteiger partial charge on any atom is 0.178 e. The van der Waals surface area contributed by atoms with Crippen molar-refractivity contribution in [1.82, 2.24) is 0 Å². The van der Waals surface area contributed by atoms with Gasteiger partial charge in [-0.1, -0.05) is 31.4 Å². The molecule has 3 heteroatoms. The van der Waals surface area contributed by atoms with Crippen LogP contribution in [0.15, 0.2) is 12.1 Å². The average Bonchev–Trinajstić information content (AvgIpc) is 2.74. The van der Waals surface area contributed by atoms with Crippen molar-refractivity contribution in [3.63, 3.8) is 0 Å². The predicted octanol–water partition coefficient (Wildman–Crippen LogP) is 4.16. The van der Waals surface area contributed by atoms with Crippen LogP contribution in [0.2, 0.25) is 4.34 Å². The van der Waals surface area contributed by atoms with Gasteiger partial charge in [-0.2, -0.15) is 0 Å². The van der Waals surface area contributed by atoms with E-state index in [2.05, 4.69) is 6.92 Å². The molecule has 0 radical (unpaired) electrons. The van der Waals surface area contributed by atoms with Gasteiger partial charge in [0.2, 0.25) is 0 Å². The van der Waals surface area contributed by atoms with E-state index in [4.69, 9.17) is 11.6 Å². The fourth-order valence-corrected chi connectivity index (χ4v) is 3.25. The Balaban J connectivity index is 2.23. The van der Waals surface area contributed by atoms with E-state index in [1.165, 1.54) is 24.2 Å². The van der Waals surface area contributed by atoms with Gasteiger partial charge in [-0.05, 0) is 25.0 Å². The summed E-state index contributed by atoms with van der Waals surface area (Å²) in [5.74, 6) is 0.284. The Bertz CT molecular complexity index is 350. The molecule has 1 aliphatic carbocycles. The number of halogens is 1. The summed E-state index contributed by atoms with van der Waals surface area (Å²) in [6, 6.07) is 3.65. The van der Waals surface area contributed by atoms with Crippen LogP contribution >= 0.6 is 22.9 Å². The number of thiophene rings is 1. The molecular weight excluding hydrogens is 216 g/mol. The van der Waals surface area contributed by atoms with Gasteiger partial charge in [-0.25, -0.2) is 0 Å². The summed E-state index contributed by atoms with van der Waals surface area (Å²) in [4.78, 5) is 13.0. The summed E-state index contributed by atoms with van der Waals surface area (Å²) in [7, 11) is 0. The van der Waals surface area contributed by atoms with Crippen LogP contribution in [0.25, 0.3) is 0 Å². The molecule has 14 heavy (non-hydrogen) atoms. The molecule has 1 saturated carbocycles. The Morgan fingerprint density at radius 1 is 1.43 bits per heavy atom. The van der Waals surface area contributed by atoms with Crippen molar-refractivity contribution in [3.05, 3.63) is 21.3 Å². The standard InChI is InChI=1S/C11H13ClOS/c1-11(6-2-3-7-11)10(13)8-4-5-9(12)14-8/h4-5H,2-3,6-7H2,1H3. The molecule has 1 heterocycles. The van der Waals surface area contributed by atoms with Crippen molar-refractivity contribution in [3.8, 4) is 0 Å². The maximum atomic E-state index is 12.1. The molecule has 0 amide bonds. The third kappa shape index (κ3) is 1.73. The van der Waals surface area contributed by atoms with Crippen LogP contribution in [-0.4, -0.2) is 5.78 Å². The van der Waals surface area contributed by atoms with Crippen molar-refractivity contribution in [1.29, 1.82) is 0 Å². The molecule has 0 bridgehead atoms. The van der Waals surface area contributed by atoms with E-state index >= 15 is 0 Å². The SMILES string of the molecule is CC1(C(=O)c2ccc(Cl)s2)CCCC1. The zero-order valence-electron chi connectivity index (χ0n) is 8.18. The quantitative estimate of drug-likeness (QED) is 0.695. The first-order valence-electron chi connectivity index (χ1n) is 4.92. The topological polar surface area (TPSA) is 17.1 Å². The Labute approximate surface area is 93.1 Å². The van der Waals surface area contributed by atoms with Crippen LogP contribution in [0.4, 0.5) is 0 Å². The molecule has 0 N–H and O–H groups in total. The zero-order valence-corrected chi connectivity index (χ0v) is 9.75. The molecule has 1 nitrogen and oxygen atoms in total. The van der Waals surface area contributed by atoms with E-state index < -0.39 is 0 Å². The minimum Gasteiger partial charge on any atom is -0.293 e. The van der Waals surface area contributed by atoms with Gasteiger partial charge in [0.05, 0.1) is 9.21 Å². The Morgan fingerprint density at radius 2 is 2.07 bits per heavy atom. The van der Waals surface area contributed by atoms with Gasteiger partial charge in [-0.15, -0.1) is 11.3 Å². The van der Waals surface area contributed by atoms with Crippen molar-refractivity contribution in [2.24, 2.45) is 5.41 Å². The molecule has 1 fully saturated rings. The number of ketones is 1. The largest absolute Gasteiger partial charge is 0.293 e. The summed E-state index contributed by atoms with van der Waals surface area (Å²) >= 11 is 7.22. The van der Waals surface area contributed by atoms with Crippen molar-refractivity contribution in [2.45, 2.75) is 32.6 Å².